The summed E-state index contributed by atoms with van der Waals surface area (Å²) < 4.78 is 4.76. The molecule has 1 N–H and O–H groups in total. The largest absolute Gasteiger partial charge is 0.448 e. The van der Waals surface area contributed by atoms with Crippen molar-refractivity contribution in [1.82, 2.24) is 10.2 Å². The van der Waals surface area contributed by atoms with Crippen LogP contribution in [-0.2, 0) is 4.74 Å². The third-order valence-electron chi connectivity index (χ3n) is 1.70. The van der Waals surface area contributed by atoms with Crippen molar-refractivity contribution in [1.29, 1.82) is 0 Å². The average molecular weight is 158 g/mol. The second kappa shape index (κ2) is 4.18. The lowest BCUT2D eigenvalue weighted by molar-refractivity contribution is 0.158. The van der Waals surface area contributed by atoms with E-state index in [-0.39, 0.29) is 6.09 Å². The van der Waals surface area contributed by atoms with Gasteiger partial charge < -0.3 is 15.0 Å². The van der Waals surface area contributed by atoms with E-state index < -0.39 is 0 Å². The highest BCUT2D eigenvalue weighted by Gasteiger charge is 2.20. The lowest BCUT2D eigenvalue weighted by atomic mass is 10.4. The molecule has 1 fully saturated rings. The van der Waals surface area contributed by atoms with Crippen molar-refractivity contribution in [2.24, 2.45) is 0 Å². The summed E-state index contributed by atoms with van der Waals surface area (Å²) in [4.78, 5) is 12.6. The van der Waals surface area contributed by atoms with Crippen LogP contribution in [0.3, 0.4) is 0 Å². The van der Waals surface area contributed by atoms with Gasteiger partial charge in [-0.25, -0.2) is 4.79 Å². The highest BCUT2D eigenvalue weighted by molar-refractivity contribution is 5.69. The number of carbonyl (C=O) groups is 1. The highest BCUT2D eigenvalue weighted by Crippen LogP contribution is 2.02. The van der Waals surface area contributed by atoms with Gasteiger partial charge in [0.05, 0.1) is 6.54 Å². The minimum Gasteiger partial charge on any atom is -0.448 e. The van der Waals surface area contributed by atoms with Gasteiger partial charge in [-0.15, -0.1) is 0 Å². The number of amides is 1. The molecule has 1 amide bonds. The van der Waals surface area contributed by atoms with Gasteiger partial charge in [-0.3, -0.25) is 0 Å². The van der Waals surface area contributed by atoms with E-state index in [0.29, 0.717) is 6.61 Å². The van der Waals surface area contributed by atoms with E-state index >= 15 is 0 Å². The maximum absolute atomic E-state index is 10.9. The normalized spacial score (nSPS) is 17.2. The van der Waals surface area contributed by atoms with E-state index in [1.807, 2.05) is 7.05 Å². The van der Waals surface area contributed by atoms with Crippen molar-refractivity contribution in [2.75, 3.05) is 33.3 Å². The van der Waals surface area contributed by atoms with Crippen LogP contribution < -0.4 is 5.32 Å². The van der Waals surface area contributed by atoms with Crippen LogP contribution in [-0.4, -0.2) is 44.3 Å². The zero-order chi connectivity index (χ0) is 8.10. The third kappa shape index (κ3) is 2.38. The molecule has 0 radical (unpaired) electrons. The Morgan fingerprint density at radius 1 is 1.73 bits per heavy atom. The molecule has 1 saturated heterocycles. The molecular formula is C7H14N2O2. The second-order valence-corrected chi connectivity index (χ2v) is 2.56. The number of rotatable bonds is 4. The lowest BCUT2D eigenvalue weighted by Crippen LogP contribution is -2.27. The van der Waals surface area contributed by atoms with Gasteiger partial charge in [-0.2, -0.15) is 0 Å². The fraction of sp³-hybridized carbons (Fsp3) is 0.857. The zero-order valence-electron chi connectivity index (χ0n) is 6.80. The Balaban J connectivity index is 2.10. The number of hydrogen-bond acceptors (Lipinski definition) is 3. The first-order valence-corrected chi connectivity index (χ1v) is 3.91. The number of ether oxygens (including phenoxy) is 1. The van der Waals surface area contributed by atoms with E-state index in [9.17, 15) is 4.79 Å². The van der Waals surface area contributed by atoms with E-state index in [1.165, 1.54) is 0 Å². The smallest absolute Gasteiger partial charge is 0.409 e. The molecule has 0 aromatic rings. The van der Waals surface area contributed by atoms with Crippen LogP contribution >= 0.6 is 0 Å². The summed E-state index contributed by atoms with van der Waals surface area (Å²) in [6, 6.07) is 0. The molecule has 0 unspecified atom stereocenters. The minimum absolute atomic E-state index is 0.166. The van der Waals surface area contributed by atoms with Crippen molar-refractivity contribution >= 4 is 6.09 Å². The molecule has 11 heavy (non-hydrogen) atoms. The van der Waals surface area contributed by atoms with Gasteiger partial charge >= 0.3 is 6.09 Å². The molecule has 4 heteroatoms. The maximum Gasteiger partial charge on any atom is 0.409 e. The highest BCUT2D eigenvalue weighted by atomic mass is 16.6. The number of cyclic esters (lactones) is 1. The summed E-state index contributed by atoms with van der Waals surface area (Å²) in [5.41, 5.74) is 0. The Labute approximate surface area is 66.5 Å². The Kier molecular flexibility index (Phi) is 3.16. The predicted octanol–water partition coefficient (Wildman–Crippen LogP) is 0.0481. The standard InChI is InChI=1S/C7H14N2O2/c1-8-3-2-4-9-5-6-11-7(9)10/h8H,2-6H2,1H3. The summed E-state index contributed by atoms with van der Waals surface area (Å²) in [5, 5.41) is 3.03. The van der Waals surface area contributed by atoms with Gasteiger partial charge in [0.25, 0.3) is 0 Å². The van der Waals surface area contributed by atoms with Crippen LogP contribution in [0.25, 0.3) is 0 Å². The first-order chi connectivity index (χ1) is 5.34. The van der Waals surface area contributed by atoms with Gasteiger partial charge in [0, 0.05) is 6.54 Å². The molecule has 1 heterocycles. The maximum atomic E-state index is 10.9. The Hall–Kier alpha value is -0.770. The molecule has 0 aliphatic carbocycles. The summed E-state index contributed by atoms with van der Waals surface area (Å²) in [7, 11) is 1.91. The van der Waals surface area contributed by atoms with Crippen molar-refractivity contribution in [2.45, 2.75) is 6.42 Å². The quantitative estimate of drug-likeness (QED) is 0.588. The number of hydrogen-bond donors (Lipinski definition) is 1. The number of carbonyl (C=O) groups excluding carboxylic acids is 1. The first kappa shape index (κ1) is 8.33. The summed E-state index contributed by atoms with van der Waals surface area (Å²) >= 11 is 0. The van der Waals surface area contributed by atoms with Crippen LogP contribution in [0.2, 0.25) is 0 Å². The average Bonchev–Trinajstić information content (AvgIpc) is 2.37. The topological polar surface area (TPSA) is 41.6 Å². The number of nitrogens with one attached hydrogen (secondary N) is 1. The molecule has 4 nitrogen and oxygen atoms in total. The fourth-order valence-corrected chi connectivity index (χ4v) is 1.08. The zero-order valence-corrected chi connectivity index (χ0v) is 6.80. The van der Waals surface area contributed by atoms with Gasteiger partial charge in [-0.05, 0) is 20.0 Å². The van der Waals surface area contributed by atoms with Crippen LogP contribution in [0.4, 0.5) is 4.79 Å². The summed E-state index contributed by atoms with van der Waals surface area (Å²) in [6.07, 6.45) is 0.826. The minimum atomic E-state index is -0.166. The van der Waals surface area contributed by atoms with Gasteiger partial charge in [0.15, 0.2) is 0 Å². The van der Waals surface area contributed by atoms with Gasteiger partial charge in [0.1, 0.15) is 6.61 Å². The van der Waals surface area contributed by atoms with Crippen molar-refractivity contribution in [3.8, 4) is 0 Å². The SMILES string of the molecule is CNCCCN1CCOC1=O. The van der Waals surface area contributed by atoms with Crippen LogP contribution in [0.1, 0.15) is 6.42 Å². The monoisotopic (exact) mass is 158 g/mol. The van der Waals surface area contributed by atoms with E-state index in [4.69, 9.17) is 4.74 Å². The molecule has 1 aliphatic rings. The van der Waals surface area contributed by atoms with E-state index in [0.717, 1.165) is 26.1 Å². The van der Waals surface area contributed by atoms with Crippen LogP contribution in [0, 0.1) is 0 Å². The Bertz CT molecular complexity index is 138. The van der Waals surface area contributed by atoms with E-state index in [1.54, 1.807) is 4.90 Å². The van der Waals surface area contributed by atoms with Crippen molar-refractivity contribution in [3.05, 3.63) is 0 Å². The van der Waals surface area contributed by atoms with Crippen LogP contribution in [0.15, 0.2) is 0 Å². The van der Waals surface area contributed by atoms with Crippen molar-refractivity contribution in [3.63, 3.8) is 0 Å². The van der Waals surface area contributed by atoms with Crippen molar-refractivity contribution < 1.29 is 9.53 Å². The fourth-order valence-electron chi connectivity index (χ4n) is 1.08. The number of nitrogens with zero attached hydrogens (tertiary/aromatic N) is 1. The predicted molar refractivity (Wildman–Crippen MR) is 41.5 cm³/mol. The molecule has 64 valence electrons. The molecule has 0 bridgehead atoms. The summed E-state index contributed by atoms with van der Waals surface area (Å²) in [6.45, 7) is 3.06. The molecule has 0 atom stereocenters. The lowest BCUT2D eigenvalue weighted by Gasteiger charge is -2.11. The molecular weight excluding hydrogens is 144 g/mol. The first-order valence-electron chi connectivity index (χ1n) is 3.91. The molecule has 1 rings (SSSR count). The van der Waals surface area contributed by atoms with Crippen LogP contribution in [0.5, 0.6) is 0 Å². The Morgan fingerprint density at radius 3 is 3.09 bits per heavy atom. The van der Waals surface area contributed by atoms with Gasteiger partial charge in [-0.1, -0.05) is 0 Å². The van der Waals surface area contributed by atoms with E-state index in [2.05, 4.69) is 5.32 Å². The second-order valence-electron chi connectivity index (χ2n) is 2.56. The van der Waals surface area contributed by atoms with Gasteiger partial charge in [0.2, 0.25) is 0 Å². The molecule has 0 spiro atoms. The molecule has 0 saturated carbocycles. The summed E-state index contributed by atoms with van der Waals surface area (Å²) in [5.74, 6) is 0. The molecule has 1 aliphatic heterocycles. The Morgan fingerprint density at radius 2 is 2.55 bits per heavy atom. The third-order valence-corrected chi connectivity index (χ3v) is 1.70. The molecule has 0 aromatic heterocycles. The molecule has 0 aromatic carbocycles.